The molecule has 236 valence electrons. The van der Waals surface area contributed by atoms with Gasteiger partial charge < -0.3 is 35.1 Å². The lowest BCUT2D eigenvalue weighted by Gasteiger charge is -2.25. The van der Waals surface area contributed by atoms with E-state index >= 15 is 0 Å². The number of ketones is 1. The molecule has 0 saturated carbocycles. The second-order valence-corrected chi connectivity index (χ2v) is 12.3. The Labute approximate surface area is 252 Å². The lowest BCUT2D eigenvalue weighted by Crippen LogP contribution is -2.53. The Morgan fingerprint density at radius 1 is 1.07 bits per heavy atom. The normalized spacial score (nSPS) is 17.2. The van der Waals surface area contributed by atoms with Crippen LogP contribution in [0.5, 0.6) is 5.75 Å². The van der Waals surface area contributed by atoms with Gasteiger partial charge >= 0.3 is 5.97 Å². The van der Waals surface area contributed by atoms with Crippen LogP contribution >= 0.6 is 0 Å². The third-order valence-corrected chi connectivity index (χ3v) is 7.15. The van der Waals surface area contributed by atoms with Crippen LogP contribution in [0, 0.1) is 17.3 Å². The lowest BCUT2D eigenvalue weighted by atomic mass is 9.95. The predicted octanol–water partition coefficient (Wildman–Crippen LogP) is 2.85. The highest BCUT2D eigenvalue weighted by Gasteiger charge is 2.34. The first-order valence-corrected chi connectivity index (χ1v) is 14.6. The zero-order chi connectivity index (χ0) is 31.9. The van der Waals surface area contributed by atoms with Crippen LogP contribution in [0.15, 0.2) is 24.3 Å². The number of benzene rings is 1. The number of Topliss-reactive ketones (excluding diaryl/α,β-unsaturated/α-hetero) is 1. The van der Waals surface area contributed by atoms with Crippen molar-refractivity contribution >= 4 is 40.4 Å². The van der Waals surface area contributed by atoms with Crippen LogP contribution in [0.25, 0.3) is 10.9 Å². The molecule has 12 heteroatoms. The van der Waals surface area contributed by atoms with Crippen molar-refractivity contribution in [2.75, 3.05) is 20.3 Å². The maximum absolute atomic E-state index is 13.6. The summed E-state index contributed by atoms with van der Waals surface area (Å²) in [5.41, 5.74) is 0.212. The molecule has 3 amide bonds. The molecule has 2 heterocycles. The van der Waals surface area contributed by atoms with Gasteiger partial charge in [0, 0.05) is 23.4 Å². The Morgan fingerprint density at radius 2 is 1.79 bits per heavy atom. The maximum Gasteiger partial charge on any atom is 0.313 e. The minimum Gasteiger partial charge on any atom is -0.496 e. The highest BCUT2D eigenvalue weighted by atomic mass is 16.7. The van der Waals surface area contributed by atoms with Gasteiger partial charge in [0.05, 0.1) is 18.6 Å². The van der Waals surface area contributed by atoms with Gasteiger partial charge in [0.15, 0.2) is 5.78 Å². The number of hydrogen-bond acceptors (Lipinski definition) is 8. The Kier molecular flexibility index (Phi) is 11.3. The number of aromatic nitrogens is 1. The van der Waals surface area contributed by atoms with Gasteiger partial charge in [0.25, 0.3) is 5.91 Å². The fourth-order valence-electron chi connectivity index (χ4n) is 4.73. The molecule has 3 rings (SSSR count). The summed E-state index contributed by atoms with van der Waals surface area (Å²) in [4.78, 5) is 67.6. The minimum absolute atomic E-state index is 0.0373. The number of methoxy groups -OCH3 is 1. The molecular formula is C31H44N4O8. The van der Waals surface area contributed by atoms with Crippen molar-refractivity contribution in [3.05, 3.63) is 30.0 Å². The molecule has 1 aromatic carbocycles. The summed E-state index contributed by atoms with van der Waals surface area (Å²) in [6.07, 6.45) is -0.0956. The number of amides is 3. The third kappa shape index (κ3) is 9.28. The van der Waals surface area contributed by atoms with Crippen molar-refractivity contribution in [1.82, 2.24) is 20.9 Å². The molecule has 4 atom stereocenters. The molecule has 1 fully saturated rings. The first kappa shape index (κ1) is 33.6. The van der Waals surface area contributed by atoms with Crippen LogP contribution in [0.1, 0.15) is 71.3 Å². The van der Waals surface area contributed by atoms with Gasteiger partial charge in [-0.05, 0) is 71.1 Å². The summed E-state index contributed by atoms with van der Waals surface area (Å²) in [6.45, 7) is 10.5. The van der Waals surface area contributed by atoms with Crippen LogP contribution in [-0.4, -0.2) is 73.1 Å². The summed E-state index contributed by atoms with van der Waals surface area (Å²) in [5.74, 6) is -2.03. The predicted molar refractivity (Wildman–Crippen MR) is 159 cm³/mol. The SMILES string of the molecule is COc1cccc2[nH]c(C(=O)N[C@@H](CC(C)C)C(=O)N[C@@H](C[C@@H]3CCNC3=O)C(=O)COC(C)OC(=O)C(C)(C)C)cc12. The van der Waals surface area contributed by atoms with Gasteiger partial charge in [-0.25, -0.2) is 0 Å². The summed E-state index contributed by atoms with van der Waals surface area (Å²) in [6, 6.07) is 5.04. The average molecular weight is 601 g/mol. The maximum atomic E-state index is 13.6. The van der Waals surface area contributed by atoms with Crippen LogP contribution < -0.4 is 20.7 Å². The zero-order valence-corrected chi connectivity index (χ0v) is 26.0. The standard InChI is InChI=1S/C31H44N4O8/c1-17(2)13-23(35-29(39)24-15-20-21(33-24)9-8-10-26(20)41-7)28(38)34-22(14-19-11-12-32-27(19)37)25(36)16-42-18(3)43-30(40)31(4,5)6/h8-10,15,17-19,22-23,33H,11-14,16H2,1-7H3,(H,32,37)(H,34,38)(H,35,39)/t18?,19-,22-,23-/m0/s1. The van der Waals surface area contributed by atoms with Crippen molar-refractivity contribution in [3.8, 4) is 5.75 Å². The van der Waals surface area contributed by atoms with Gasteiger partial charge in [-0.2, -0.15) is 0 Å². The molecule has 1 saturated heterocycles. The van der Waals surface area contributed by atoms with Crippen molar-refractivity contribution in [2.24, 2.45) is 17.3 Å². The molecule has 1 aliphatic rings. The monoisotopic (exact) mass is 600 g/mol. The molecule has 4 N–H and O–H groups in total. The Bertz CT molecular complexity index is 1330. The molecule has 1 aliphatic heterocycles. The van der Waals surface area contributed by atoms with E-state index in [0.29, 0.717) is 30.7 Å². The number of ether oxygens (including phenoxy) is 3. The van der Waals surface area contributed by atoms with Crippen molar-refractivity contribution in [2.45, 2.75) is 79.2 Å². The second kappa shape index (κ2) is 14.5. The number of carbonyl (C=O) groups is 5. The lowest BCUT2D eigenvalue weighted by molar-refractivity contribution is -0.185. The molecule has 43 heavy (non-hydrogen) atoms. The van der Waals surface area contributed by atoms with Crippen molar-refractivity contribution in [3.63, 3.8) is 0 Å². The third-order valence-electron chi connectivity index (χ3n) is 7.15. The zero-order valence-electron chi connectivity index (χ0n) is 26.0. The molecule has 1 aromatic heterocycles. The number of esters is 1. The van der Waals surface area contributed by atoms with Crippen molar-refractivity contribution < 1.29 is 38.2 Å². The summed E-state index contributed by atoms with van der Waals surface area (Å²) < 4.78 is 16.1. The number of aromatic amines is 1. The van der Waals surface area contributed by atoms with Gasteiger partial charge in [0.2, 0.25) is 18.1 Å². The molecule has 0 spiro atoms. The molecular weight excluding hydrogens is 556 g/mol. The topological polar surface area (TPSA) is 165 Å². The quantitative estimate of drug-likeness (QED) is 0.190. The van der Waals surface area contributed by atoms with E-state index in [1.807, 2.05) is 19.9 Å². The molecule has 12 nitrogen and oxygen atoms in total. The second-order valence-electron chi connectivity index (χ2n) is 12.3. The summed E-state index contributed by atoms with van der Waals surface area (Å²) in [7, 11) is 1.54. The molecule has 0 bridgehead atoms. The van der Waals surface area contributed by atoms with E-state index in [2.05, 4.69) is 20.9 Å². The van der Waals surface area contributed by atoms with Gasteiger partial charge in [-0.15, -0.1) is 0 Å². The fourth-order valence-corrected chi connectivity index (χ4v) is 4.73. The number of nitrogens with one attached hydrogen (secondary N) is 4. The van der Waals surface area contributed by atoms with Crippen LogP contribution in [0.3, 0.4) is 0 Å². The van der Waals surface area contributed by atoms with Crippen LogP contribution in [-0.2, 0) is 28.7 Å². The van der Waals surface area contributed by atoms with E-state index < -0.39 is 59.9 Å². The van der Waals surface area contributed by atoms with E-state index in [4.69, 9.17) is 14.2 Å². The smallest absolute Gasteiger partial charge is 0.313 e. The van der Waals surface area contributed by atoms with Crippen LogP contribution in [0.4, 0.5) is 0 Å². The van der Waals surface area contributed by atoms with E-state index in [0.717, 1.165) is 5.39 Å². The number of hydrogen-bond donors (Lipinski definition) is 4. The number of carbonyl (C=O) groups excluding carboxylic acids is 5. The summed E-state index contributed by atoms with van der Waals surface area (Å²) in [5, 5.41) is 9.02. The fraction of sp³-hybridized carbons (Fsp3) is 0.581. The molecule has 0 aliphatic carbocycles. The Balaban J connectivity index is 1.74. The van der Waals surface area contributed by atoms with Crippen LogP contribution in [0.2, 0.25) is 0 Å². The highest BCUT2D eigenvalue weighted by Crippen LogP contribution is 2.26. The highest BCUT2D eigenvalue weighted by molar-refractivity contribution is 6.02. The first-order chi connectivity index (χ1) is 20.2. The Morgan fingerprint density at radius 3 is 2.40 bits per heavy atom. The first-order valence-electron chi connectivity index (χ1n) is 14.6. The molecule has 1 unspecified atom stereocenters. The van der Waals surface area contributed by atoms with Crippen molar-refractivity contribution in [1.29, 1.82) is 0 Å². The van der Waals surface area contributed by atoms with E-state index in [9.17, 15) is 24.0 Å². The number of fused-ring (bicyclic) bond motifs is 1. The largest absolute Gasteiger partial charge is 0.496 e. The van der Waals surface area contributed by atoms with E-state index in [1.54, 1.807) is 46.1 Å². The molecule has 0 radical (unpaired) electrons. The molecule has 2 aromatic rings. The minimum atomic E-state index is -1.06. The van der Waals surface area contributed by atoms with E-state index in [1.165, 1.54) is 6.92 Å². The summed E-state index contributed by atoms with van der Waals surface area (Å²) >= 11 is 0. The number of rotatable bonds is 14. The number of H-pyrrole nitrogens is 1. The Hall–Kier alpha value is -3.93. The van der Waals surface area contributed by atoms with Gasteiger partial charge in [0.1, 0.15) is 24.1 Å². The van der Waals surface area contributed by atoms with E-state index in [-0.39, 0.29) is 23.9 Å². The van der Waals surface area contributed by atoms with Gasteiger partial charge in [-0.1, -0.05) is 19.9 Å². The average Bonchev–Trinajstić information content (AvgIpc) is 3.56. The van der Waals surface area contributed by atoms with Gasteiger partial charge in [-0.3, -0.25) is 24.0 Å².